The van der Waals surface area contributed by atoms with Gasteiger partial charge in [0.2, 0.25) is 0 Å². The zero-order valence-electron chi connectivity index (χ0n) is 6.22. The summed E-state index contributed by atoms with van der Waals surface area (Å²) >= 11 is 1.43. The van der Waals surface area contributed by atoms with Gasteiger partial charge in [0.25, 0.3) is 0 Å². The van der Waals surface area contributed by atoms with Crippen molar-refractivity contribution in [3.63, 3.8) is 0 Å². The van der Waals surface area contributed by atoms with E-state index >= 15 is 0 Å². The Morgan fingerprint density at radius 3 is 3.10 bits per heavy atom. The van der Waals surface area contributed by atoms with Crippen LogP contribution >= 0.6 is 11.8 Å². The highest BCUT2D eigenvalue weighted by Crippen LogP contribution is 2.11. The van der Waals surface area contributed by atoms with Gasteiger partial charge < -0.3 is 5.32 Å². The lowest BCUT2D eigenvalue weighted by Crippen LogP contribution is -2.23. The van der Waals surface area contributed by atoms with E-state index in [1.807, 2.05) is 0 Å². The fraction of sp³-hybridized carbons (Fsp3) is 0.857. The second-order valence-electron chi connectivity index (χ2n) is 2.60. The van der Waals surface area contributed by atoms with Gasteiger partial charge in [-0.05, 0) is 19.4 Å². The molecule has 1 N–H and O–H groups in total. The summed E-state index contributed by atoms with van der Waals surface area (Å²) in [6.07, 6.45) is 2.50. The van der Waals surface area contributed by atoms with E-state index in [1.165, 1.54) is 24.6 Å². The highest BCUT2D eigenvalue weighted by Gasteiger charge is 2.13. The van der Waals surface area contributed by atoms with Crippen molar-refractivity contribution >= 4 is 16.9 Å². The summed E-state index contributed by atoms with van der Waals surface area (Å²) in [5.41, 5.74) is 0. The molecule has 0 aromatic carbocycles. The lowest BCUT2D eigenvalue weighted by Gasteiger charge is -2.06. The summed E-state index contributed by atoms with van der Waals surface area (Å²) in [6.45, 7) is 2.75. The van der Waals surface area contributed by atoms with E-state index in [-0.39, 0.29) is 5.12 Å². The number of thioether (sulfide) groups is 1. The topological polar surface area (TPSA) is 29.1 Å². The Morgan fingerprint density at radius 1 is 1.80 bits per heavy atom. The lowest BCUT2D eigenvalue weighted by atomic mass is 10.3. The van der Waals surface area contributed by atoms with Gasteiger partial charge in [-0.1, -0.05) is 11.8 Å². The fourth-order valence-corrected chi connectivity index (χ4v) is 1.84. The molecule has 0 aliphatic carbocycles. The molecule has 1 fully saturated rings. The second kappa shape index (κ2) is 3.98. The Balaban J connectivity index is 2.07. The molecule has 1 saturated heterocycles. The van der Waals surface area contributed by atoms with E-state index in [9.17, 15) is 4.79 Å². The minimum absolute atomic E-state index is 0.230. The Kier molecular flexibility index (Phi) is 3.22. The third-order valence-corrected chi connectivity index (χ3v) is 2.63. The van der Waals surface area contributed by atoms with Crippen LogP contribution in [0.1, 0.15) is 19.8 Å². The highest BCUT2D eigenvalue weighted by atomic mass is 32.2. The third-order valence-electron chi connectivity index (χ3n) is 1.65. The molecule has 0 aromatic rings. The van der Waals surface area contributed by atoms with Crippen molar-refractivity contribution in [2.24, 2.45) is 0 Å². The van der Waals surface area contributed by atoms with Gasteiger partial charge in [-0.15, -0.1) is 0 Å². The monoisotopic (exact) mass is 159 g/mol. The second-order valence-corrected chi connectivity index (χ2v) is 3.79. The van der Waals surface area contributed by atoms with Crippen LogP contribution in [0.3, 0.4) is 0 Å². The van der Waals surface area contributed by atoms with E-state index in [0.29, 0.717) is 6.04 Å². The van der Waals surface area contributed by atoms with E-state index in [1.54, 1.807) is 6.92 Å². The molecule has 3 heteroatoms. The Hall–Kier alpha value is -0.0200. The SMILES string of the molecule is CC(=O)SC[C@@H]1CCCN1. The van der Waals surface area contributed by atoms with Crippen LogP contribution in [0.15, 0.2) is 0 Å². The quantitative estimate of drug-likeness (QED) is 0.652. The molecule has 1 atom stereocenters. The molecule has 1 aliphatic rings. The first kappa shape index (κ1) is 8.08. The summed E-state index contributed by atoms with van der Waals surface area (Å²) < 4.78 is 0. The molecule has 0 radical (unpaired) electrons. The van der Waals surface area contributed by atoms with Gasteiger partial charge >= 0.3 is 0 Å². The molecule has 0 aromatic heterocycles. The van der Waals surface area contributed by atoms with Crippen LogP contribution in [-0.4, -0.2) is 23.5 Å². The number of carbonyl (C=O) groups excluding carboxylic acids is 1. The summed E-state index contributed by atoms with van der Waals surface area (Å²) in [6, 6.07) is 0.592. The maximum Gasteiger partial charge on any atom is 0.185 e. The molecule has 58 valence electrons. The van der Waals surface area contributed by atoms with Crippen molar-refractivity contribution in [3.05, 3.63) is 0 Å². The highest BCUT2D eigenvalue weighted by molar-refractivity contribution is 8.13. The molecule has 0 amide bonds. The molecular formula is C7H13NOS. The van der Waals surface area contributed by atoms with Crippen molar-refractivity contribution in [3.8, 4) is 0 Å². The van der Waals surface area contributed by atoms with Crippen LogP contribution in [0.2, 0.25) is 0 Å². The van der Waals surface area contributed by atoms with Crippen molar-refractivity contribution in [2.75, 3.05) is 12.3 Å². The van der Waals surface area contributed by atoms with Crippen molar-refractivity contribution in [1.29, 1.82) is 0 Å². The first-order chi connectivity index (χ1) is 4.79. The molecule has 1 heterocycles. The number of hydrogen-bond acceptors (Lipinski definition) is 3. The summed E-state index contributed by atoms with van der Waals surface area (Å²) in [4.78, 5) is 10.5. The average molecular weight is 159 g/mol. The van der Waals surface area contributed by atoms with Crippen LogP contribution in [0, 0.1) is 0 Å². The molecule has 2 nitrogen and oxygen atoms in total. The van der Waals surface area contributed by atoms with Crippen LogP contribution in [-0.2, 0) is 4.79 Å². The Morgan fingerprint density at radius 2 is 2.60 bits per heavy atom. The van der Waals surface area contributed by atoms with Gasteiger partial charge in [0.1, 0.15) is 0 Å². The van der Waals surface area contributed by atoms with E-state index < -0.39 is 0 Å². The normalized spacial score (nSPS) is 25.1. The largest absolute Gasteiger partial charge is 0.313 e. The third kappa shape index (κ3) is 2.71. The smallest absolute Gasteiger partial charge is 0.185 e. The average Bonchev–Trinajstić information content (AvgIpc) is 2.34. The predicted molar refractivity (Wildman–Crippen MR) is 44.2 cm³/mol. The van der Waals surface area contributed by atoms with Gasteiger partial charge in [0.05, 0.1) is 0 Å². The van der Waals surface area contributed by atoms with Gasteiger partial charge in [-0.2, -0.15) is 0 Å². The van der Waals surface area contributed by atoms with Gasteiger partial charge in [-0.25, -0.2) is 0 Å². The molecule has 1 rings (SSSR count). The maximum atomic E-state index is 10.5. The van der Waals surface area contributed by atoms with E-state index in [0.717, 1.165) is 12.3 Å². The molecule has 10 heavy (non-hydrogen) atoms. The fourth-order valence-electron chi connectivity index (χ4n) is 1.12. The van der Waals surface area contributed by atoms with Crippen LogP contribution in [0.4, 0.5) is 0 Å². The first-order valence-corrected chi connectivity index (χ1v) is 4.64. The number of carbonyl (C=O) groups is 1. The summed E-state index contributed by atoms with van der Waals surface area (Å²) in [7, 11) is 0. The number of hydrogen-bond donors (Lipinski definition) is 1. The Labute approximate surface area is 65.8 Å². The summed E-state index contributed by atoms with van der Waals surface area (Å²) in [5.74, 6) is 0.954. The number of nitrogens with one attached hydrogen (secondary N) is 1. The molecule has 0 bridgehead atoms. The van der Waals surface area contributed by atoms with E-state index in [4.69, 9.17) is 0 Å². The summed E-state index contributed by atoms with van der Waals surface area (Å²) in [5, 5.41) is 3.57. The van der Waals surface area contributed by atoms with Crippen molar-refractivity contribution in [2.45, 2.75) is 25.8 Å². The zero-order valence-corrected chi connectivity index (χ0v) is 7.04. The van der Waals surface area contributed by atoms with Gasteiger partial charge in [0.15, 0.2) is 5.12 Å². The molecule has 1 aliphatic heterocycles. The standard InChI is InChI=1S/C7H13NOS/c1-6(9)10-5-7-3-2-4-8-7/h7-8H,2-5H2,1H3/t7-/m0/s1. The molecule has 0 unspecified atom stereocenters. The lowest BCUT2D eigenvalue weighted by molar-refractivity contribution is -0.109. The first-order valence-electron chi connectivity index (χ1n) is 3.66. The predicted octanol–water partition coefficient (Wildman–Crippen LogP) is 1.02. The van der Waals surface area contributed by atoms with Crippen molar-refractivity contribution in [1.82, 2.24) is 5.32 Å². The molecule has 0 spiro atoms. The zero-order chi connectivity index (χ0) is 7.40. The molecule has 0 saturated carbocycles. The number of rotatable bonds is 2. The van der Waals surface area contributed by atoms with Crippen molar-refractivity contribution < 1.29 is 4.79 Å². The van der Waals surface area contributed by atoms with Crippen LogP contribution in [0.25, 0.3) is 0 Å². The molecular weight excluding hydrogens is 146 g/mol. The van der Waals surface area contributed by atoms with Gasteiger partial charge in [0, 0.05) is 18.7 Å². The minimum atomic E-state index is 0.230. The maximum absolute atomic E-state index is 10.5. The van der Waals surface area contributed by atoms with Gasteiger partial charge in [-0.3, -0.25) is 4.79 Å². The van der Waals surface area contributed by atoms with E-state index in [2.05, 4.69) is 5.32 Å². The van der Waals surface area contributed by atoms with Crippen LogP contribution < -0.4 is 5.32 Å². The Bertz CT molecular complexity index is 121. The van der Waals surface area contributed by atoms with Crippen LogP contribution in [0.5, 0.6) is 0 Å². The minimum Gasteiger partial charge on any atom is -0.313 e.